The zero-order valence-corrected chi connectivity index (χ0v) is 12.7. The van der Waals surface area contributed by atoms with E-state index in [-0.39, 0.29) is 5.91 Å². The highest BCUT2D eigenvalue weighted by Crippen LogP contribution is 2.09. The van der Waals surface area contributed by atoms with E-state index in [2.05, 4.69) is 10.5 Å². The van der Waals surface area contributed by atoms with Gasteiger partial charge in [-0.25, -0.2) is 10.2 Å². The number of hydrogen-bond donors (Lipinski definition) is 2. The van der Waals surface area contributed by atoms with E-state index in [1.54, 1.807) is 48.5 Å². The van der Waals surface area contributed by atoms with Crippen LogP contribution in [0.15, 0.2) is 59.7 Å². The number of hydrogen-bond acceptors (Lipinski definition) is 3. The maximum absolute atomic E-state index is 11.8. The number of aliphatic carboxylic acids is 1. The van der Waals surface area contributed by atoms with Crippen molar-refractivity contribution in [3.8, 4) is 0 Å². The number of nitrogens with one attached hydrogen (secondary N) is 1. The molecule has 0 aliphatic rings. The molecule has 0 aliphatic heterocycles. The molecule has 0 saturated carbocycles. The lowest BCUT2D eigenvalue weighted by Gasteiger charge is -2.00. The van der Waals surface area contributed by atoms with Gasteiger partial charge in [0.15, 0.2) is 0 Å². The van der Waals surface area contributed by atoms with Gasteiger partial charge in [-0.15, -0.1) is 0 Å². The molecule has 23 heavy (non-hydrogen) atoms. The molecule has 1 amide bonds. The van der Waals surface area contributed by atoms with Crippen molar-refractivity contribution in [3.63, 3.8) is 0 Å². The van der Waals surface area contributed by atoms with Crippen LogP contribution < -0.4 is 5.43 Å². The number of hydrazone groups is 1. The second-order valence-corrected chi connectivity index (χ2v) is 4.98. The first-order valence-corrected chi connectivity index (χ1v) is 7.02. The first kappa shape index (κ1) is 16.5. The number of carbonyl (C=O) groups excluding carboxylic acids is 1. The summed E-state index contributed by atoms with van der Waals surface area (Å²) < 4.78 is 0. The Morgan fingerprint density at radius 2 is 1.61 bits per heavy atom. The van der Waals surface area contributed by atoms with Crippen LogP contribution in [0.4, 0.5) is 0 Å². The lowest BCUT2D eigenvalue weighted by Crippen LogP contribution is -2.17. The van der Waals surface area contributed by atoms with Crippen molar-refractivity contribution in [1.82, 2.24) is 5.43 Å². The van der Waals surface area contributed by atoms with Crippen molar-refractivity contribution in [3.05, 3.63) is 76.3 Å². The van der Waals surface area contributed by atoms with Crippen molar-refractivity contribution < 1.29 is 14.7 Å². The Morgan fingerprint density at radius 1 is 1.00 bits per heavy atom. The molecule has 0 atom stereocenters. The third kappa shape index (κ3) is 5.41. The average molecular weight is 329 g/mol. The van der Waals surface area contributed by atoms with Crippen LogP contribution in [0.5, 0.6) is 0 Å². The van der Waals surface area contributed by atoms with Crippen LogP contribution in [0.25, 0.3) is 6.08 Å². The molecular formula is C17H13ClN2O3. The summed E-state index contributed by atoms with van der Waals surface area (Å²) in [6.07, 6.45) is 4.06. The highest BCUT2D eigenvalue weighted by atomic mass is 35.5. The Bertz CT molecular complexity index is 750. The summed E-state index contributed by atoms with van der Waals surface area (Å²) in [7, 11) is 0. The summed E-state index contributed by atoms with van der Waals surface area (Å²) in [5.74, 6) is -1.33. The number of benzene rings is 2. The number of rotatable bonds is 5. The van der Waals surface area contributed by atoms with Crippen molar-refractivity contribution in [1.29, 1.82) is 0 Å². The van der Waals surface area contributed by atoms with E-state index in [1.807, 2.05) is 0 Å². The number of amides is 1. The molecule has 0 heterocycles. The van der Waals surface area contributed by atoms with Crippen LogP contribution in [0.3, 0.4) is 0 Å². The summed E-state index contributed by atoms with van der Waals surface area (Å²) in [6, 6.07) is 13.5. The molecule has 116 valence electrons. The fourth-order valence-electron chi connectivity index (χ4n) is 1.69. The summed E-state index contributed by atoms with van der Waals surface area (Å²) in [4.78, 5) is 22.2. The Hall–Kier alpha value is -2.92. The van der Waals surface area contributed by atoms with Crippen LogP contribution in [0, 0.1) is 0 Å². The molecule has 2 aromatic carbocycles. The van der Waals surface area contributed by atoms with Crippen LogP contribution in [0.2, 0.25) is 5.02 Å². The third-order valence-electron chi connectivity index (χ3n) is 2.84. The van der Waals surface area contributed by atoms with Crippen molar-refractivity contribution >= 4 is 35.8 Å². The molecule has 0 spiro atoms. The van der Waals surface area contributed by atoms with Gasteiger partial charge < -0.3 is 5.11 Å². The van der Waals surface area contributed by atoms with Gasteiger partial charge in [-0.05, 0) is 41.5 Å². The Balaban J connectivity index is 1.93. The summed E-state index contributed by atoms with van der Waals surface area (Å²) in [6.45, 7) is 0. The zero-order chi connectivity index (χ0) is 16.7. The van der Waals surface area contributed by atoms with Gasteiger partial charge in [0.25, 0.3) is 5.91 Å². The normalized spacial score (nSPS) is 11.0. The van der Waals surface area contributed by atoms with Gasteiger partial charge in [0.05, 0.1) is 6.21 Å². The van der Waals surface area contributed by atoms with Crippen LogP contribution in [0.1, 0.15) is 21.5 Å². The second-order valence-electron chi connectivity index (χ2n) is 4.54. The number of halogens is 1. The number of carboxylic acids is 1. The standard InChI is InChI=1S/C17H13ClN2O3/c18-15-8-6-14(7-9-15)17(23)20-19-11-13-3-1-12(2-4-13)5-10-16(21)22/h1-11H,(H,20,23)(H,21,22). The fourth-order valence-corrected chi connectivity index (χ4v) is 1.82. The molecule has 5 nitrogen and oxygen atoms in total. The predicted molar refractivity (Wildman–Crippen MR) is 89.6 cm³/mol. The summed E-state index contributed by atoms with van der Waals surface area (Å²) in [5, 5.41) is 13.0. The molecule has 6 heteroatoms. The Labute approximate surface area is 137 Å². The van der Waals surface area contributed by atoms with Crippen LogP contribution in [-0.2, 0) is 4.79 Å². The maximum Gasteiger partial charge on any atom is 0.328 e. The first-order valence-electron chi connectivity index (χ1n) is 6.64. The SMILES string of the molecule is O=C(O)C=Cc1ccc(C=NNC(=O)c2ccc(Cl)cc2)cc1. The second kappa shape index (κ2) is 7.91. The number of nitrogens with zero attached hydrogens (tertiary/aromatic N) is 1. The van der Waals surface area contributed by atoms with Crippen LogP contribution in [-0.4, -0.2) is 23.2 Å². The van der Waals surface area contributed by atoms with E-state index >= 15 is 0 Å². The largest absolute Gasteiger partial charge is 0.478 e. The molecule has 0 aliphatic carbocycles. The molecule has 2 aromatic rings. The van der Waals surface area contributed by atoms with Crippen molar-refractivity contribution in [2.75, 3.05) is 0 Å². The molecule has 0 radical (unpaired) electrons. The van der Waals surface area contributed by atoms with Gasteiger partial charge in [0.2, 0.25) is 0 Å². The molecule has 0 saturated heterocycles. The lowest BCUT2D eigenvalue weighted by atomic mass is 10.1. The van der Waals surface area contributed by atoms with Gasteiger partial charge in [-0.3, -0.25) is 4.79 Å². The minimum atomic E-state index is -0.999. The van der Waals surface area contributed by atoms with Gasteiger partial charge in [0.1, 0.15) is 0 Å². The molecule has 0 unspecified atom stereocenters. The monoisotopic (exact) mass is 328 g/mol. The van der Waals surface area contributed by atoms with E-state index in [4.69, 9.17) is 16.7 Å². The van der Waals surface area contributed by atoms with Crippen LogP contribution >= 0.6 is 11.6 Å². The van der Waals surface area contributed by atoms with Gasteiger partial charge >= 0.3 is 5.97 Å². The van der Waals surface area contributed by atoms with E-state index < -0.39 is 5.97 Å². The molecule has 0 fully saturated rings. The van der Waals surface area contributed by atoms with E-state index in [0.717, 1.165) is 17.2 Å². The molecule has 0 bridgehead atoms. The van der Waals surface area contributed by atoms with Gasteiger partial charge in [-0.1, -0.05) is 35.9 Å². The van der Waals surface area contributed by atoms with Gasteiger partial charge in [0, 0.05) is 16.7 Å². The van der Waals surface area contributed by atoms with E-state index in [9.17, 15) is 9.59 Å². The minimum Gasteiger partial charge on any atom is -0.478 e. The van der Waals surface area contributed by atoms with Crippen molar-refractivity contribution in [2.45, 2.75) is 0 Å². The highest BCUT2D eigenvalue weighted by Gasteiger charge is 2.02. The van der Waals surface area contributed by atoms with Gasteiger partial charge in [-0.2, -0.15) is 5.10 Å². The quantitative estimate of drug-likeness (QED) is 0.502. The fraction of sp³-hybridized carbons (Fsp3) is 0. The van der Waals surface area contributed by atoms with E-state index in [0.29, 0.717) is 10.6 Å². The molecule has 2 rings (SSSR count). The Kier molecular flexibility index (Phi) is 5.66. The lowest BCUT2D eigenvalue weighted by molar-refractivity contribution is -0.131. The summed E-state index contributed by atoms with van der Waals surface area (Å²) in [5.41, 5.74) is 4.41. The predicted octanol–water partition coefficient (Wildman–Crippen LogP) is 3.20. The molecular weight excluding hydrogens is 316 g/mol. The maximum atomic E-state index is 11.8. The number of carboxylic acid groups (broad SMARTS) is 1. The average Bonchev–Trinajstić information content (AvgIpc) is 2.54. The summed E-state index contributed by atoms with van der Waals surface area (Å²) >= 11 is 5.75. The minimum absolute atomic E-state index is 0.334. The smallest absolute Gasteiger partial charge is 0.328 e. The zero-order valence-electron chi connectivity index (χ0n) is 11.9. The topological polar surface area (TPSA) is 78.8 Å². The molecule has 0 aromatic heterocycles. The highest BCUT2D eigenvalue weighted by molar-refractivity contribution is 6.30. The van der Waals surface area contributed by atoms with E-state index in [1.165, 1.54) is 12.3 Å². The number of carbonyl (C=O) groups is 2. The van der Waals surface area contributed by atoms with Crippen molar-refractivity contribution in [2.24, 2.45) is 5.10 Å². The Morgan fingerprint density at radius 3 is 2.22 bits per heavy atom. The first-order chi connectivity index (χ1) is 11.0. The molecule has 2 N–H and O–H groups in total. The third-order valence-corrected chi connectivity index (χ3v) is 3.09.